The minimum Gasteiger partial charge on any atom is -0.328 e. The first kappa shape index (κ1) is 24.5. The summed E-state index contributed by atoms with van der Waals surface area (Å²) in [4.78, 5) is 29.3. The fourth-order valence-corrected chi connectivity index (χ4v) is 4.89. The van der Waals surface area contributed by atoms with E-state index in [1.165, 1.54) is 15.5 Å². The van der Waals surface area contributed by atoms with Crippen molar-refractivity contribution in [3.8, 4) is 0 Å². The normalized spacial score (nSPS) is 13.6. The molecule has 170 valence electrons. The number of rotatable bonds is 11. The Balaban J connectivity index is 1.99. The van der Waals surface area contributed by atoms with Crippen LogP contribution in [0.2, 0.25) is 0 Å². The highest BCUT2D eigenvalue weighted by Gasteiger charge is 2.31. The minimum absolute atomic E-state index is 0.280. The minimum atomic E-state index is -3.66. The molecule has 0 aromatic carbocycles. The van der Waals surface area contributed by atoms with Gasteiger partial charge in [-0.3, -0.25) is 27.5 Å². The SMILES string of the molecule is CC(C)OP(=O)(OC(C)C)OC(C)CCCCn1c(=O)c2c(ncn2C)n(C)c1=O. The lowest BCUT2D eigenvalue weighted by Gasteiger charge is -2.24. The first-order valence-corrected chi connectivity index (χ1v) is 11.7. The summed E-state index contributed by atoms with van der Waals surface area (Å²) in [5.74, 6) is 0. The van der Waals surface area contributed by atoms with E-state index in [0.717, 1.165) is 0 Å². The molecular formula is C19H33N4O6P. The molecule has 2 aromatic rings. The summed E-state index contributed by atoms with van der Waals surface area (Å²) in [7, 11) is -0.336. The quantitative estimate of drug-likeness (QED) is 0.387. The van der Waals surface area contributed by atoms with E-state index in [4.69, 9.17) is 13.6 Å². The number of hydrogen-bond acceptors (Lipinski definition) is 7. The molecular weight excluding hydrogens is 411 g/mol. The van der Waals surface area contributed by atoms with Crippen LogP contribution in [0.3, 0.4) is 0 Å². The van der Waals surface area contributed by atoms with Gasteiger partial charge in [0, 0.05) is 20.6 Å². The molecule has 0 aliphatic carbocycles. The van der Waals surface area contributed by atoms with Gasteiger partial charge in [0.2, 0.25) is 0 Å². The van der Waals surface area contributed by atoms with E-state index in [9.17, 15) is 14.2 Å². The van der Waals surface area contributed by atoms with E-state index < -0.39 is 13.5 Å². The third-order valence-electron chi connectivity index (χ3n) is 4.43. The maximum absolute atomic E-state index is 12.8. The van der Waals surface area contributed by atoms with Crippen molar-refractivity contribution in [3.63, 3.8) is 0 Å². The lowest BCUT2D eigenvalue weighted by molar-refractivity contribution is 0.0487. The maximum atomic E-state index is 12.8. The van der Waals surface area contributed by atoms with E-state index in [2.05, 4.69) is 4.98 Å². The Morgan fingerprint density at radius 2 is 1.60 bits per heavy atom. The molecule has 0 amide bonds. The molecule has 0 bridgehead atoms. The van der Waals surface area contributed by atoms with Crippen molar-refractivity contribution in [2.45, 2.75) is 78.7 Å². The number of phosphoric ester groups is 1. The van der Waals surface area contributed by atoms with Crippen LogP contribution < -0.4 is 11.2 Å². The van der Waals surface area contributed by atoms with Gasteiger partial charge in [-0.1, -0.05) is 0 Å². The molecule has 10 nitrogen and oxygen atoms in total. The Kier molecular flexibility index (Phi) is 8.21. The molecule has 0 aliphatic heterocycles. The molecule has 0 N–H and O–H groups in total. The van der Waals surface area contributed by atoms with Crippen LogP contribution in [0, 0.1) is 0 Å². The van der Waals surface area contributed by atoms with Crippen LogP contribution in [0.4, 0.5) is 0 Å². The molecule has 1 atom stereocenters. The highest BCUT2D eigenvalue weighted by Crippen LogP contribution is 2.53. The molecule has 0 fully saturated rings. The molecule has 0 spiro atoms. The first-order valence-electron chi connectivity index (χ1n) is 10.2. The van der Waals surface area contributed by atoms with Crippen molar-refractivity contribution >= 4 is 19.0 Å². The summed E-state index contributed by atoms with van der Waals surface area (Å²) in [5.41, 5.74) is 0.0245. The topological polar surface area (TPSA) is 107 Å². The summed E-state index contributed by atoms with van der Waals surface area (Å²) in [5, 5.41) is 0. The van der Waals surface area contributed by atoms with Crippen molar-refractivity contribution in [2.75, 3.05) is 0 Å². The average molecular weight is 444 g/mol. The summed E-state index contributed by atoms with van der Waals surface area (Å²) >= 11 is 0. The second kappa shape index (κ2) is 10.0. The fourth-order valence-electron chi connectivity index (χ4n) is 3.16. The Morgan fingerprint density at radius 3 is 2.17 bits per heavy atom. The van der Waals surface area contributed by atoms with Gasteiger partial charge in [-0.05, 0) is 53.9 Å². The van der Waals surface area contributed by atoms with Crippen LogP contribution in [-0.2, 0) is 38.8 Å². The molecule has 11 heteroatoms. The second-order valence-corrected chi connectivity index (χ2v) is 9.52. The summed E-state index contributed by atoms with van der Waals surface area (Å²) < 4.78 is 33.4. The van der Waals surface area contributed by atoms with Crippen LogP contribution in [-0.4, -0.2) is 37.0 Å². The zero-order valence-electron chi connectivity index (χ0n) is 18.8. The van der Waals surface area contributed by atoms with Crippen molar-refractivity contribution in [1.29, 1.82) is 0 Å². The van der Waals surface area contributed by atoms with Gasteiger partial charge in [-0.25, -0.2) is 14.3 Å². The monoisotopic (exact) mass is 444 g/mol. The molecule has 2 heterocycles. The van der Waals surface area contributed by atoms with Gasteiger partial charge in [0.05, 0.1) is 24.6 Å². The number of hydrogen-bond donors (Lipinski definition) is 0. The Bertz CT molecular complexity index is 1010. The van der Waals surface area contributed by atoms with E-state index >= 15 is 0 Å². The largest absolute Gasteiger partial charge is 0.475 e. The van der Waals surface area contributed by atoms with Gasteiger partial charge in [-0.2, -0.15) is 0 Å². The van der Waals surface area contributed by atoms with Gasteiger partial charge in [0.15, 0.2) is 11.2 Å². The molecule has 0 aliphatic rings. The van der Waals surface area contributed by atoms with E-state index in [-0.39, 0.29) is 30.4 Å². The van der Waals surface area contributed by atoms with E-state index in [1.54, 1.807) is 53.3 Å². The number of fused-ring (bicyclic) bond motifs is 1. The zero-order valence-corrected chi connectivity index (χ0v) is 19.7. The van der Waals surface area contributed by atoms with Gasteiger partial charge in [0.25, 0.3) is 5.56 Å². The maximum Gasteiger partial charge on any atom is 0.475 e. The van der Waals surface area contributed by atoms with E-state index in [1.807, 2.05) is 0 Å². The summed E-state index contributed by atoms with van der Waals surface area (Å²) in [6.45, 7) is 9.14. The highest BCUT2D eigenvalue weighted by molar-refractivity contribution is 7.48. The van der Waals surface area contributed by atoms with Gasteiger partial charge < -0.3 is 4.57 Å². The van der Waals surface area contributed by atoms with Gasteiger partial charge >= 0.3 is 13.5 Å². The van der Waals surface area contributed by atoms with E-state index in [0.29, 0.717) is 30.4 Å². The predicted molar refractivity (Wildman–Crippen MR) is 115 cm³/mol. The smallest absolute Gasteiger partial charge is 0.328 e. The van der Waals surface area contributed by atoms with Crippen molar-refractivity contribution in [3.05, 3.63) is 27.2 Å². The summed E-state index contributed by atoms with van der Waals surface area (Å²) in [6.07, 6.45) is 2.39. The second-order valence-electron chi connectivity index (χ2n) is 7.99. The molecule has 30 heavy (non-hydrogen) atoms. The fraction of sp³-hybridized carbons (Fsp3) is 0.737. The summed E-state index contributed by atoms with van der Waals surface area (Å²) in [6, 6.07) is 0. The highest BCUT2D eigenvalue weighted by atomic mass is 31.2. The number of imidazole rings is 1. The predicted octanol–water partition coefficient (Wildman–Crippen LogP) is 2.97. The standard InChI is InChI=1S/C19H33N4O6P/c1-13(2)27-30(26,28-14(3)4)29-15(5)10-8-9-11-23-18(24)16-17(20-12-21(16)6)22(7)19(23)25/h12-15H,8-11H2,1-7H3. The third kappa shape index (κ3) is 5.91. The third-order valence-corrected chi connectivity index (χ3v) is 6.41. The Morgan fingerprint density at radius 1 is 1.00 bits per heavy atom. The van der Waals surface area contributed by atoms with Crippen molar-refractivity contribution in [2.24, 2.45) is 14.1 Å². The molecule has 0 saturated carbocycles. The molecule has 2 rings (SSSR count). The number of nitrogens with zero attached hydrogens (tertiary/aromatic N) is 4. The average Bonchev–Trinajstić information content (AvgIpc) is 2.99. The zero-order chi connectivity index (χ0) is 22.6. The van der Waals surface area contributed by atoms with Crippen LogP contribution >= 0.6 is 7.82 Å². The first-order chi connectivity index (χ1) is 13.9. The molecule has 2 aromatic heterocycles. The molecule has 0 saturated heterocycles. The van der Waals surface area contributed by atoms with Gasteiger partial charge in [0.1, 0.15) is 0 Å². The lowest BCUT2D eigenvalue weighted by atomic mass is 10.2. The Hall–Kier alpha value is -1.74. The molecule has 1 unspecified atom stereocenters. The van der Waals surface area contributed by atoms with Crippen molar-refractivity contribution < 1.29 is 18.1 Å². The molecule has 0 radical (unpaired) electrons. The van der Waals surface area contributed by atoms with Crippen LogP contribution in [0.1, 0.15) is 53.9 Å². The van der Waals surface area contributed by atoms with Crippen LogP contribution in [0.5, 0.6) is 0 Å². The van der Waals surface area contributed by atoms with Crippen LogP contribution in [0.15, 0.2) is 15.9 Å². The number of phosphoric acid groups is 1. The Labute approximate surface area is 176 Å². The van der Waals surface area contributed by atoms with Crippen LogP contribution in [0.25, 0.3) is 11.2 Å². The number of unbranched alkanes of at least 4 members (excludes halogenated alkanes) is 1. The number of aryl methyl sites for hydroxylation is 2. The van der Waals surface area contributed by atoms with Crippen molar-refractivity contribution in [1.82, 2.24) is 18.7 Å². The number of aromatic nitrogens is 4. The van der Waals surface area contributed by atoms with Gasteiger partial charge in [-0.15, -0.1) is 0 Å². The lowest BCUT2D eigenvalue weighted by Crippen LogP contribution is -2.39.